The van der Waals surface area contributed by atoms with Crippen molar-refractivity contribution in [1.82, 2.24) is 51.5 Å². The number of carbonyl (C=O) groups excluding carboxylic acids is 11. The molecule has 12 atom stereocenters. The summed E-state index contributed by atoms with van der Waals surface area (Å²) in [6.45, 7) is 21.2. The van der Waals surface area contributed by atoms with Gasteiger partial charge in [0.05, 0.1) is 49.3 Å². The molecule has 0 bridgehead atoms. The van der Waals surface area contributed by atoms with Crippen molar-refractivity contribution >= 4 is 65.2 Å². The number of alkyl carbamates (subject to hydrolysis) is 1. The number of hydrogen-bond acceptors (Lipinski definition) is 17. The van der Waals surface area contributed by atoms with Gasteiger partial charge in [0.25, 0.3) is 23.6 Å². The maximum atomic E-state index is 14.9. The molecular weight excluding hydrogens is 1200 g/mol. The molecule has 1 aliphatic carbocycles. The number of nitrogens with zero attached hydrogens (tertiary/aromatic N) is 5. The smallest absolute Gasteiger partial charge is 0.408 e. The number of imide groups is 1. The number of hydrazine groups is 1. The molecule has 0 unspecified atom stereocenters. The van der Waals surface area contributed by atoms with Crippen molar-refractivity contribution in [3.8, 4) is 0 Å². The highest BCUT2D eigenvalue weighted by Gasteiger charge is 2.64. The van der Waals surface area contributed by atoms with Crippen LogP contribution in [0.1, 0.15) is 171 Å². The van der Waals surface area contributed by atoms with E-state index >= 15 is 0 Å². The van der Waals surface area contributed by atoms with E-state index in [0.717, 1.165) is 23.3 Å². The minimum atomic E-state index is -1.51. The number of unbranched alkanes of at least 4 members (excludes halogenated alkanes) is 2. The average Bonchev–Trinajstić information content (AvgIpc) is 1.56. The van der Waals surface area contributed by atoms with Gasteiger partial charge in [-0.05, 0) is 116 Å². The van der Waals surface area contributed by atoms with Crippen LogP contribution >= 0.6 is 0 Å². The summed E-state index contributed by atoms with van der Waals surface area (Å²) >= 11 is 0. The van der Waals surface area contributed by atoms with Crippen molar-refractivity contribution in [1.29, 1.82) is 0 Å². The molecular formula is C67H106N10O16. The summed E-state index contributed by atoms with van der Waals surface area (Å²) < 4.78 is 23.3. The lowest BCUT2D eigenvalue weighted by Crippen LogP contribution is -2.60. The molecule has 2 saturated heterocycles. The Bertz CT molecular complexity index is 2750. The number of benzene rings is 1. The summed E-state index contributed by atoms with van der Waals surface area (Å²) in [5, 5.41) is 10.0. The number of hydrogen-bond donors (Lipinski definition) is 5. The summed E-state index contributed by atoms with van der Waals surface area (Å²) in [6.07, 6.45) is 3.94. The first-order valence-corrected chi connectivity index (χ1v) is 33.2. The van der Waals surface area contributed by atoms with Crippen LogP contribution in [-0.2, 0) is 71.7 Å². The molecule has 10 amide bonds. The van der Waals surface area contributed by atoms with Crippen molar-refractivity contribution in [3.05, 3.63) is 48.0 Å². The number of carbonyl (C=O) groups is 11. The number of ether oxygens (including phenoxy) is 4. The Morgan fingerprint density at radius 1 is 0.763 bits per heavy atom. The largest absolute Gasteiger partial charge is 0.460 e. The predicted molar refractivity (Wildman–Crippen MR) is 344 cm³/mol. The normalized spacial score (nSPS) is 21.0. The summed E-state index contributed by atoms with van der Waals surface area (Å²) in [4.78, 5) is 161. The number of likely N-dealkylation sites (N-methyl/N-ethyl adjacent to an activating group) is 2. The van der Waals surface area contributed by atoms with Crippen molar-refractivity contribution < 1.29 is 76.5 Å². The molecule has 1 aromatic carbocycles. The zero-order valence-electron chi connectivity index (χ0n) is 57.5. The molecule has 93 heavy (non-hydrogen) atoms. The second-order valence-electron chi connectivity index (χ2n) is 27.0. The standard InChI is InChI=1S/C67H106N10O16/c1-16-43(6)58(49(89-14)39-53(81)75-36-25-29-48(75)59(90-15)44(7)60(83)70-67(64(87)77-37-23-24-38-91-77)40-47(67)46-27-19-17-20-28-46)74(13)63(86)55(41(2)3)68-62(85)57(42(4)5)73(12)34-26-31-54(82)92-45(8)56(69-65(88)93-66(9,10)11)61(84)72-71-50(78)30-21-18-22-35-76-51(79)32-33-52(76)80/h17,19-20,27-28,32-33,41-45,47-49,55-59H,16,18,21-26,29-31,34-40H2,1-15H3,(H,68,85)(H,69,88)(H,70,83)(H,71,78)(H,72,84)/t43-,44+,45+,47+,48-,49+,55-,56-,57-,58-,59+,67-/m0/s1. The Hall–Kier alpha value is -7.03. The lowest BCUT2D eigenvalue weighted by molar-refractivity contribution is -0.200. The second-order valence-corrected chi connectivity index (χ2v) is 27.0. The molecule has 4 aliphatic rings. The molecule has 5 rings (SSSR count). The first kappa shape index (κ1) is 76.7. The number of likely N-dealkylation sites (tertiary alicyclic amines) is 1. The second kappa shape index (κ2) is 35.5. The number of rotatable bonds is 34. The van der Waals surface area contributed by atoms with Gasteiger partial charge in [-0.1, -0.05) is 91.6 Å². The van der Waals surface area contributed by atoms with E-state index < -0.39 is 95.4 Å². The third-order valence-electron chi connectivity index (χ3n) is 18.1. The van der Waals surface area contributed by atoms with Gasteiger partial charge < -0.3 is 44.7 Å². The Labute approximate surface area is 549 Å². The van der Waals surface area contributed by atoms with Crippen LogP contribution in [0.3, 0.4) is 0 Å². The Morgan fingerprint density at radius 3 is 2.03 bits per heavy atom. The van der Waals surface area contributed by atoms with Crippen LogP contribution in [0.2, 0.25) is 0 Å². The van der Waals surface area contributed by atoms with Gasteiger partial charge in [0.2, 0.25) is 29.5 Å². The van der Waals surface area contributed by atoms with Crippen LogP contribution in [0.4, 0.5) is 4.79 Å². The molecule has 26 nitrogen and oxygen atoms in total. The third-order valence-corrected chi connectivity index (χ3v) is 18.1. The number of hydroxylamine groups is 2. The van der Waals surface area contributed by atoms with E-state index in [1.807, 2.05) is 71.9 Å². The summed E-state index contributed by atoms with van der Waals surface area (Å²) in [5.74, 6) is -6.42. The fraction of sp³-hybridized carbons (Fsp3) is 0.716. The van der Waals surface area contributed by atoms with Crippen LogP contribution < -0.4 is 26.8 Å². The van der Waals surface area contributed by atoms with Crippen molar-refractivity contribution in [2.24, 2.45) is 23.7 Å². The highest BCUT2D eigenvalue weighted by atomic mass is 16.7. The summed E-state index contributed by atoms with van der Waals surface area (Å²) in [5.41, 5.74) is 3.38. The van der Waals surface area contributed by atoms with Gasteiger partial charge in [0, 0.05) is 71.8 Å². The molecule has 3 aliphatic heterocycles. The molecule has 0 spiro atoms. The van der Waals surface area contributed by atoms with Crippen LogP contribution in [0.15, 0.2) is 42.5 Å². The minimum absolute atomic E-state index is 0.000758. The molecule has 3 fully saturated rings. The first-order valence-electron chi connectivity index (χ1n) is 33.2. The van der Waals surface area contributed by atoms with E-state index in [9.17, 15) is 52.7 Å². The average molecular weight is 1310 g/mol. The maximum absolute atomic E-state index is 14.9. The number of amides is 10. The van der Waals surface area contributed by atoms with Gasteiger partial charge in [-0.2, -0.15) is 0 Å². The molecule has 5 N–H and O–H groups in total. The summed E-state index contributed by atoms with van der Waals surface area (Å²) in [7, 11) is 6.44. The molecule has 520 valence electrons. The van der Waals surface area contributed by atoms with E-state index in [2.05, 4.69) is 26.8 Å². The maximum Gasteiger partial charge on any atom is 0.408 e. The fourth-order valence-electron chi connectivity index (χ4n) is 12.8. The fourth-order valence-corrected chi connectivity index (χ4v) is 12.8. The number of methoxy groups -OCH3 is 2. The van der Waals surface area contributed by atoms with Gasteiger partial charge in [-0.3, -0.25) is 73.4 Å². The molecule has 3 heterocycles. The summed E-state index contributed by atoms with van der Waals surface area (Å²) in [6, 6.07) is 5.30. The monoisotopic (exact) mass is 1310 g/mol. The molecule has 0 radical (unpaired) electrons. The van der Waals surface area contributed by atoms with E-state index in [1.165, 1.54) is 38.4 Å². The Balaban J connectivity index is 1.18. The number of esters is 1. The minimum Gasteiger partial charge on any atom is -0.460 e. The van der Waals surface area contributed by atoms with Crippen LogP contribution in [0.5, 0.6) is 0 Å². The first-order chi connectivity index (χ1) is 43.9. The van der Waals surface area contributed by atoms with Crippen molar-refractivity contribution in [3.63, 3.8) is 0 Å². The predicted octanol–water partition coefficient (Wildman–Crippen LogP) is 4.84. The van der Waals surface area contributed by atoms with Crippen LogP contribution in [-0.4, -0.2) is 211 Å². The Morgan fingerprint density at radius 2 is 1.44 bits per heavy atom. The van der Waals surface area contributed by atoms with Crippen molar-refractivity contribution in [2.75, 3.05) is 61.1 Å². The van der Waals surface area contributed by atoms with E-state index in [0.29, 0.717) is 64.6 Å². The third kappa shape index (κ3) is 21.2. The quantitative estimate of drug-likeness (QED) is 0.0267. The lowest BCUT2D eigenvalue weighted by Gasteiger charge is -2.41. The lowest BCUT2D eigenvalue weighted by atomic mass is 9.89. The Kier molecular flexibility index (Phi) is 29.2. The topological polar surface area (TPSA) is 310 Å². The number of nitrogens with one attached hydrogen (secondary N) is 5. The molecule has 0 aromatic heterocycles. The van der Waals surface area contributed by atoms with Gasteiger partial charge in [-0.15, -0.1) is 0 Å². The molecule has 26 heteroatoms. The molecule has 1 saturated carbocycles. The zero-order chi connectivity index (χ0) is 69.1. The van der Waals surface area contributed by atoms with E-state index in [4.69, 9.17) is 23.8 Å². The van der Waals surface area contributed by atoms with E-state index in [-0.39, 0.29) is 97.9 Å². The highest BCUT2D eigenvalue weighted by Crippen LogP contribution is 2.53. The SMILES string of the molecule is CC[C@H](C)[C@@H]([C@@H](CC(=O)N1CCC[C@H]1[C@H](OC)[C@@H](C)C(=O)N[C@@]1(C(=O)N2CCCCO2)C[C@@H]1c1ccccc1)OC)N(C)C(=O)[C@@H](NC(=O)[C@H](C(C)C)N(C)CCCC(=O)O[C@H](C)[C@H](NC(=O)OC(C)(C)C)C(=O)NNC(=O)CCCCCN1C(=O)C=CC1=O)C(C)C. The van der Waals surface area contributed by atoms with Crippen LogP contribution in [0.25, 0.3) is 0 Å². The van der Waals surface area contributed by atoms with Gasteiger partial charge in [-0.25, -0.2) is 9.86 Å². The van der Waals surface area contributed by atoms with Crippen molar-refractivity contribution in [2.45, 2.75) is 225 Å². The van der Waals surface area contributed by atoms with Gasteiger partial charge in [0.15, 0.2) is 0 Å². The van der Waals surface area contributed by atoms with Gasteiger partial charge >= 0.3 is 12.1 Å². The molecule has 1 aromatic rings. The van der Waals surface area contributed by atoms with Crippen LogP contribution in [0, 0.1) is 23.7 Å². The van der Waals surface area contributed by atoms with Gasteiger partial charge in [0.1, 0.15) is 29.3 Å². The highest BCUT2D eigenvalue weighted by molar-refractivity contribution is 6.12. The zero-order valence-corrected chi connectivity index (χ0v) is 57.5. The van der Waals surface area contributed by atoms with E-state index in [1.54, 1.807) is 56.5 Å².